The molecule has 0 saturated carbocycles. The predicted molar refractivity (Wildman–Crippen MR) is 228 cm³/mol. The quantitative estimate of drug-likeness (QED) is 0.0398. The highest BCUT2D eigenvalue weighted by Crippen LogP contribution is 2.18. The lowest BCUT2D eigenvalue weighted by molar-refractivity contribution is -0.124. The number of hydrogen-bond acceptors (Lipinski definition) is 5. The highest BCUT2D eigenvalue weighted by molar-refractivity contribution is 5.76. The van der Waals surface area contributed by atoms with Crippen molar-refractivity contribution in [2.24, 2.45) is 0 Å². The van der Waals surface area contributed by atoms with Crippen molar-refractivity contribution in [3.05, 3.63) is 0 Å². The second-order valence-corrected chi connectivity index (χ2v) is 16.8. The van der Waals surface area contributed by atoms with Crippen LogP contribution in [0.25, 0.3) is 0 Å². The number of carbonyl (C=O) groups excluding carboxylic acids is 1. The Hall–Kier alpha value is -0.690. The molecule has 0 unspecified atom stereocenters. The molecule has 0 rings (SSSR count). The van der Waals surface area contributed by atoms with Crippen molar-refractivity contribution in [1.29, 1.82) is 0 Å². The van der Waals surface area contributed by atoms with E-state index >= 15 is 0 Å². The zero-order chi connectivity index (χ0) is 38.7. The average Bonchev–Trinajstić information content (AvgIpc) is 3.16. The second kappa shape index (κ2) is 44.0. The Bertz CT molecular complexity index is 706. The lowest BCUT2D eigenvalue weighted by atomic mass is 9.99. The van der Waals surface area contributed by atoms with Crippen molar-refractivity contribution in [2.75, 3.05) is 13.2 Å². The van der Waals surface area contributed by atoms with Gasteiger partial charge in [-0.25, -0.2) is 0 Å². The van der Waals surface area contributed by atoms with E-state index in [2.05, 4.69) is 12.2 Å². The van der Waals surface area contributed by atoms with Crippen molar-refractivity contribution < 1.29 is 25.2 Å². The van der Waals surface area contributed by atoms with E-state index in [1.807, 2.05) is 0 Å². The summed E-state index contributed by atoms with van der Waals surface area (Å²) in [5, 5.41) is 42.3. The van der Waals surface area contributed by atoms with Crippen LogP contribution >= 0.6 is 0 Å². The van der Waals surface area contributed by atoms with E-state index in [0.717, 1.165) is 44.9 Å². The third kappa shape index (κ3) is 39.3. The first-order valence-corrected chi connectivity index (χ1v) is 23.9. The van der Waals surface area contributed by atoms with Gasteiger partial charge in [-0.1, -0.05) is 238 Å². The molecule has 6 heteroatoms. The van der Waals surface area contributed by atoms with Gasteiger partial charge in [0.05, 0.1) is 18.8 Å². The van der Waals surface area contributed by atoms with Gasteiger partial charge in [0.1, 0.15) is 6.10 Å². The SMILES string of the molecule is CCCCCCCCCCCCCC[C@@H](O)[C@@H](O)[C@H](CO)NC(=O)CCCCCCCCCCCCCCCCCCCCCCCCCCCCO. The molecule has 0 fully saturated rings. The summed E-state index contributed by atoms with van der Waals surface area (Å²) in [7, 11) is 0. The van der Waals surface area contributed by atoms with E-state index in [4.69, 9.17) is 5.11 Å². The molecule has 0 aliphatic carbocycles. The molecule has 318 valence electrons. The third-order valence-corrected chi connectivity index (χ3v) is 11.5. The maximum absolute atomic E-state index is 12.4. The molecule has 0 radical (unpaired) electrons. The fourth-order valence-electron chi connectivity index (χ4n) is 7.79. The van der Waals surface area contributed by atoms with Crippen molar-refractivity contribution in [1.82, 2.24) is 5.32 Å². The van der Waals surface area contributed by atoms with Crippen LogP contribution in [0.15, 0.2) is 0 Å². The van der Waals surface area contributed by atoms with Gasteiger partial charge in [0.15, 0.2) is 0 Å². The fraction of sp³-hybridized carbons (Fsp3) is 0.979. The van der Waals surface area contributed by atoms with Crippen LogP contribution in [0.2, 0.25) is 0 Å². The lowest BCUT2D eigenvalue weighted by Gasteiger charge is -2.26. The lowest BCUT2D eigenvalue weighted by Crippen LogP contribution is -2.50. The van der Waals surface area contributed by atoms with Gasteiger partial charge >= 0.3 is 0 Å². The normalized spacial score (nSPS) is 13.4. The minimum Gasteiger partial charge on any atom is -0.396 e. The van der Waals surface area contributed by atoms with Gasteiger partial charge in [-0.3, -0.25) is 4.79 Å². The van der Waals surface area contributed by atoms with Crippen LogP contribution < -0.4 is 5.32 Å². The van der Waals surface area contributed by atoms with E-state index in [0.29, 0.717) is 19.4 Å². The highest BCUT2D eigenvalue weighted by atomic mass is 16.3. The Morgan fingerprint density at radius 2 is 0.698 bits per heavy atom. The van der Waals surface area contributed by atoms with Gasteiger partial charge in [0.2, 0.25) is 5.91 Å². The van der Waals surface area contributed by atoms with E-state index in [-0.39, 0.29) is 12.5 Å². The molecule has 0 aromatic carbocycles. The number of hydrogen-bond donors (Lipinski definition) is 5. The van der Waals surface area contributed by atoms with Crippen LogP contribution in [0.5, 0.6) is 0 Å². The van der Waals surface area contributed by atoms with Crippen LogP contribution in [0.4, 0.5) is 0 Å². The summed E-state index contributed by atoms with van der Waals surface area (Å²) in [6.07, 6.45) is 48.1. The van der Waals surface area contributed by atoms with E-state index in [1.165, 1.54) is 199 Å². The van der Waals surface area contributed by atoms with Gasteiger partial charge in [-0.2, -0.15) is 0 Å². The summed E-state index contributed by atoms with van der Waals surface area (Å²) in [6.45, 7) is 2.25. The molecular formula is C47H95NO5. The fourth-order valence-corrected chi connectivity index (χ4v) is 7.79. The summed E-state index contributed by atoms with van der Waals surface area (Å²) in [4.78, 5) is 12.4. The van der Waals surface area contributed by atoms with Gasteiger partial charge in [-0.15, -0.1) is 0 Å². The standard InChI is InChI=1S/C47H95NO5/c1-2-3-4-5-6-7-8-25-28-31-34-37-40-45(51)47(53)44(43-50)48-46(52)41-38-35-32-29-26-23-21-19-17-15-13-11-9-10-12-14-16-18-20-22-24-27-30-33-36-39-42-49/h44-45,47,49-51,53H,2-43H2,1H3,(H,48,52)/t44-,45+,47-/m0/s1. The Morgan fingerprint density at radius 3 is 1.00 bits per heavy atom. The molecule has 0 spiro atoms. The van der Waals surface area contributed by atoms with Crippen molar-refractivity contribution >= 4 is 5.91 Å². The molecule has 0 heterocycles. The summed E-state index contributed by atoms with van der Waals surface area (Å²) in [6, 6.07) is -0.806. The van der Waals surface area contributed by atoms with Crippen molar-refractivity contribution in [2.45, 2.75) is 282 Å². The summed E-state index contributed by atoms with van der Waals surface area (Å²) in [5.74, 6) is -0.143. The molecular weight excluding hydrogens is 659 g/mol. The molecule has 0 aromatic heterocycles. The van der Waals surface area contributed by atoms with Crippen LogP contribution in [-0.4, -0.2) is 57.8 Å². The zero-order valence-electron chi connectivity index (χ0n) is 35.6. The molecule has 0 bridgehead atoms. The van der Waals surface area contributed by atoms with Crippen LogP contribution in [-0.2, 0) is 4.79 Å². The highest BCUT2D eigenvalue weighted by Gasteiger charge is 2.26. The number of aliphatic hydroxyl groups is 4. The summed E-state index contributed by atoms with van der Waals surface area (Å²) in [5.41, 5.74) is 0. The van der Waals surface area contributed by atoms with Gasteiger partial charge in [0.25, 0.3) is 0 Å². The third-order valence-electron chi connectivity index (χ3n) is 11.5. The van der Waals surface area contributed by atoms with Crippen molar-refractivity contribution in [3.63, 3.8) is 0 Å². The number of amides is 1. The zero-order valence-corrected chi connectivity index (χ0v) is 35.6. The Kier molecular flexibility index (Phi) is 43.5. The number of unbranched alkanes of at least 4 members (excludes halogenated alkanes) is 36. The van der Waals surface area contributed by atoms with Gasteiger partial charge < -0.3 is 25.7 Å². The molecule has 3 atom stereocenters. The number of nitrogens with one attached hydrogen (secondary N) is 1. The maximum atomic E-state index is 12.4. The van der Waals surface area contributed by atoms with E-state index in [1.54, 1.807) is 0 Å². The molecule has 0 aliphatic rings. The van der Waals surface area contributed by atoms with Gasteiger partial charge in [0, 0.05) is 13.0 Å². The van der Waals surface area contributed by atoms with Crippen LogP contribution in [0.1, 0.15) is 264 Å². The maximum Gasteiger partial charge on any atom is 0.220 e. The molecule has 5 N–H and O–H groups in total. The van der Waals surface area contributed by atoms with Crippen LogP contribution in [0.3, 0.4) is 0 Å². The molecule has 1 amide bonds. The molecule has 0 aromatic rings. The Balaban J connectivity index is 3.48. The summed E-state index contributed by atoms with van der Waals surface area (Å²) >= 11 is 0. The predicted octanol–water partition coefficient (Wildman–Crippen LogP) is 12.8. The minimum atomic E-state index is -1.13. The summed E-state index contributed by atoms with van der Waals surface area (Å²) < 4.78 is 0. The largest absolute Gasteiger partial charge is 0.396 e. The number of rotatable bonds is 45. The molecule has 0 aliphatic heterocycles. The first-order valence-electron chi connectivity index (χ1n) is 23.9. The average molecular weight is 754 g/mol. The number of carbonyl (C=O) groups is 1. The van der Waals surface area contributed by atoms with E-state index < -0.39 is 18.2 Å². The monoisotopic (exact) mass is 754 g/mol. The molecule has 0 saturated heterocycles. The van der Waals surface area contributed by atoms with Crippen molar-refractivity contribution in [3.8, 4) is 0 Å². The molecule has 6 nitrogen and oxygen atoms in total. The topological polar surface area (TPSA) is 110 Å². The minimum absolute atomic E-state index is 0.143. The number of aliphatic hydroxyl groups excluding tert-OH is 4. The van der Waals surface area contributed by atoms with E-state index in [9.17, 15) is 20.1 Å². The van der Waals surface area contributed by atoms with Gasteiger partial charge in [-0.05, 0) is 19.3 Å². The second-order valence-electron chi connectivity index (χ2n) is 16.8. The smallest absolute Gasteiger partial charge is 0.220 e. The molecule has 53 heavy (non-hydrogen) atoms. The Morgan fingerprint density at radius 1 is 0.415 bits per heavy atom. The first-order chi connectivity index (χ1) is 26.1. The Labute approximate surface area is 330 Å². The first kappa shape index (κ1) is 52.3. The van der Waals surface area contributed by atoms with Crippen LogP contribution in [0, 0.1) is 0 Å².